The normalized spacial score (nSPS) is 10.5. The maximum Gasteiger partial charge on any atom is 0.338 e. The van der Waals surface area contributed by atoms with Crippen molar-refractivity contribution in [2.45, 2.75) is 27.2 Å². The first-order valence-electron chi connectivity index (χ1n) is 8.61. The summed E-state index contributed by atoms with van der Waals surface area (Å²) in [4.78, 5) is 34.7. The number of rotatable bonds is 7. The number of hydrogen-bond donors (Lipinski definition) is 1. The Morgan fingerprint density at radius 3 is 2.33 bits per heavy atom. The van der Waals surface area contributed by atoms with E-state index in [0.29, 0.717) is 29.3 Å². The van der Waals surface area contributed by atoms with E-state index < -0.39 is 16.8 Å². The lowest BCUT2D eigenvalue weighted by molar-refractivity contribution is -0.385. The Balaban J connectivity index is 2.02. The number of carbonyl (C=O) groups is 2. The van der Waals surface area contributed by atoms with E-state index in [4.69, 9.17) is 4.74 Å². The fraction of sp³-hybridized carbons (Fsp3) is 0.300. The highest BCUT2D eigenvalue weighted by molar-refractivity contribution is 6.05. The van der Waals surface area contributed by atoms with Gasteiger partial charge in [-0.15, -0.1) is 0 Å². The molecule has 1 amide bonds. The van der Waals surface area contributed by atoms with Crippen molar-refractivity contribution in [3.05, 3.63) is 69.3 Å². The maximum absolute atomic E-state index is 12.3. The van der Waals surface area contributed by atoms with Gasteiger partial charge in [-0.1, -0.05) is 19.9 Å². The molecule has 142 valence electrons. The van der Waals surface area contributed by atoms with Crippen molar-refractivity contribution in [1.29, 1.82) is 0 Å². The van der Waals surface area contributed by atoms with Crippen LogP contribution in [0.15, 0.2) is 42.5 Å². The number of benzene rings is 2. The number of nitrogens with one attached hydrogen (secondary N) is 1. The van der Waals surface area contributed by atoms with Crippen LogP contribution in [0.4, 0.5) is 11.4 Å². The van der Waals surface area contributed by atoms with E-state index in [-0.39, 0.29) is 11.3 Å². The summed E-state index contributed by atoms with van der Waals surface area (Å²) in [7, 11) is 0. The van der Waals surface area contributed by atoms with Gasteiger partial charge in [-0.25, -0.2) is 4.79 Å². The summed E-state index contributed by atoms with van der Waals surface area (Å²) in [6, 6.07) is 10.6. The predicted octanol–water partition coefficient (Wildman–Crippen LogP) is 4.36. The van der Waals surface area contributed by atoms with Crippen LogP contribution in [0.25, 0.3) is 0 Å². The van der Waals surface area contributed by atoms with Gasteiger partial charge < -0.3 is 10.1 Å². The minimum atomic E-state index is -0.522. The van der Waals surface area contributed by atoms with Gasteiger partial charge in [0.25, 0.3) is 11.6 Å². The summed E-state index contributed by atoms with van der Waals surface area (Å²) < 4.78 is 5.19. The first-order chi connectivity index (χ1) is 12.8. The zero-order valence-corrected chi connectivity index (χ0v) is 15.5. The Kier molecular flexibility index (Phi) is 6.65. The van der Waals surface area contributed by atoms with Gasteiger partial charge in [-0.05, 0) is 49.6 Å². The first-order valence-corrected chi connectivity index (χ1v) is 8.61. The van der Waals surface area contributed by atoms with Crippen LogP contribution in [0.2, 0.25) is 0 Å². The molecule has 0 bridgehead atoms. The third kappa shape index (κ3) is 5.64. The maximum atomic E-state index is 12.3. The van der Waals surface area contributed by atoms with Crippen LogP contribution >= 0.6 is 0 Å². The van der Waals surface area contributed by atoms with Crippen molar-refractivity contribution in [1.82, 2.24) is 0 Å². The molecule has 0 saturated carbocycles. The van der Waals surface area contributed by atoms with E-state index in [2.05, 4.69) is 5.32 Å². The second-order valence-electron chi connectivity index (χ2n) is 6.61. The number of nitro groups is 1. The zero-order valence-electron chi connectivity index (χ0n) is 15.5. The molecule has 7 nitrogen and oxygen atoms in total. The Labute approximate surface area is 157 Å². The molecule has 2 rings (SSSR count). The standard InChI is InChI=1S/C20H22N2O5/c1-13(2)10-11-27-20(24)15-6-8-17(9-7-15)21-19(23)16-5-4-14(3)18(12-16)22(25)26/h4-9,12-13H,10-11H2,1-3H3,(H,21,23). The van der Waals surface area contributed by atoms with Crippen LogP contribution in [0.3, 0.4) is 0 Å². The molecule has 0 saturated heterocycles. The highest BCUT2D eigenvalue weighted by Crippen LogP contribution is 2.20. The third-order valence-corrected chi connectivity index (χ3v) is 3.97. The van der Waals surface area contributed by atoms with Gasteiger partial charge in [0, 0.05) is 22.9 Å². The number of nitro benzene ring substituents is 1. The minimum Gasteiger partial charge on any atom is -0.462 e. The number of nitrogens with zero attached hydrogens (tertiary/aromatic N) is 1. The molecule has 0 fully saturated rings. The van der Waals surface area contributed by atoms with Crippen molar-refractivity contribution >= 4 is 23.3 Å². The Hall–Kier alpha value is -3.22. The fourth-order valence-corrected chi connectivity index (χ4v) is 2.31. The van der Waals surface area contributed by atoms with Gasteiger partial charge in [-0.3, -0.25) is 14.9 Å². The monoisotopic (exact) mass is 370 g/mol. The number of hydrogen-bond acceptors (Lipinski definition) is 5. The van der Waals surface area contributed by atoms with E-state index in [9.17, 15) is 19.7 Å². The Morgan fingerprint density at radius 1 is 1.11 bits per heavy atom. The molecule has 1 N–H and O–H groups in total. The number of ether oxygens (including phenoxy) is 1. The number of esters is 1. The van der Waals surface area contributed by atoms with Crippen molar-refractivity contribution in [3.63, 3.8) is 0 Å². The lowest BCUT2D eigenvalue weighted by Gasteiger charge is -2.08. The largest absolute Gasteiger partial charge is 0.462 e. The summed E-state index contributed by atoms with van der Waals surface area (Å²) in [6.07, 6.45) is 0.794. The molecule has 0 spiro atoms. The van der Waals surface area contributed by atoms with E-state index in [1.54, 1.807) is 31.2 Å². The predicted molar refractivity (Wildman–Crippen MR) is 102 cm³/mol. The molecule has 0 aliphatic heterocycles. The molecule has 0 aliphatic rings. The van der Waals surface area contributed by atoms with E-state index in [0.717, 1.165) is 6.42 Å². The van der Waals surface area contributed by atoms with Crippen molar-refractivity contribution < 1.29 is 19.2 Å². The van der Waals surface area contributed by atoms with E-state index >= 15 is 0 Å². The van der Waals surface area contributed by atoms with Crippen molar-refractivity contribution in [3.8, 4) is 0 Å². The number of anilines is 1. The van der Waals surface area contributed by atoms with Crippen LogP contribution in [-0.2, 0) is 4.74 Å². The average molecular weight is 370 g/mol. The average Bonchev–Trinajstić information content (AvgIpc) is 2.62. The summed E-state index contributed by atoms with van der Waals surface area (Å²) in [5.74, 6) is -0.430. The molecule has 0 radical (unpaired) electrons. The lowest BCUT2D eigenvalue weighted by atomic mass is 10.1. The Bertz CT molecular complexity index is 844. The van der Waals surface area contributed by atoms with E-state index in [1.807, 2.05) is 13.8 Å². The molecule has 0 heterocycles. The molecule has 0 unspecified atom stereocenters. The molecule has 0 aromatic heterocycles. The SMILES string of the molecule is Cc1ccc(C(=O)Nc2ccc(C(=O)OCCC(C)C)cc2)cc1[N+](=O)[O-]. The minimum absolute atomic E-state index is 0.109. The summed E-state index contributed by atoms with van der Waals surface area (Å²) in [5, 5.41) is 13.7. The second kappa shape index (κ2) is 8.93. The summed E-state index contributed by atoms with van der Waals surface area (Å²) in [6.45, 7) is 6.07. The van der Waals surface area contributed by atoms with Crippen LogP contribution in [0.5, 0.6) is 0 Å². The van der Waals surface area contributed by atoms with Gasteiger partial charge in [0.15, 0.2) is 0 Å². The third-order valence-electron chi connectivity index (χ3n) is 3.97. The molecule has 0 aliphatic carbocycles. The van der Waals surface area contributed by atoms with Gasteiger partial charge in [0.2, 0.25) is 0 Å². The van der Waals surface area contributed by atoms with E-state index in [1.165, 1.54) is 18.2 Å². The van der Waals surface area contributed by atoms with Crippen LogP contribution in [0, 0.1) is 23.0 Å². The highest BCUT2D eigenvalue weighted by Gasteiger charge is 2.15. The highest BCUT2D eigenvalue weighted by atomic mass is 16.6. The van der Waals surface area contributed by atoms with Crippen molar-refractivity contribution in [2.75, 3.05) is 11.9 Å². The number of carbonyl (C=O) groups excluding carboxylic acids is 2. The molecular weight excluding hydrogens is 348 g/mol. The first kappa shape index (κ1) is 20.1. The summed E-state index contributed by atoms with van der Waals surface area (Å²) in [5.41, 5.74) is 1.42. The van der Waals surface area contributed by atoms with Gasteiger partial charge in [-0.2, -0.15) is 0 Å². The van der Waals surface area contributed by atoms with Gasteiger partial charge >= 0.3 is 5.97 Å². The van der Waals surface area contributed by atoms with Crippen LogP contribution in [0.1, 0.15) is 46.5 Å². The smallest absolute Gasteiger partial charge is 0.338 e. The quantitative estimate of drug-likeness (QED) is 0.443. The van der Waals surface area contributed by atoms with Crippen molar-refractivity contribution in [2.24, 2.45) is 5.92 Å². The second-order valence-corrected chi connectivity index (χ2v) is 6.61. The topological polar surface area (TPSA) is 98.5 Å². The summed E-state index contributed by atoms with van der Waals surface area (Å²) >= 11 is 0. The number of aryl methyl sites for hydroxylation is 1. The molecule has 7 heteroatoms. The number of amides is 1. The lowest BCUT2D eigenvalue weighted by Crippen LogP contribution is -2.13. The molecule has 27 heavy (non-hydrogen) atoms. The molecular formula is C20H22N2O5. The van der Waals surface area contributed by atoms with Crippen LogP contribution in [-0.4, -0.2) is 23.4 Å². The van der Waals surface area contributed by atoms with Gasteiger partial charge in [0.05, 0.1) is 17.1 Å². The molecule has 0 atom stereocenters. The van der Waals surface area contributed by atoms with Crippen LogP contribution < -0.4 is 5.32 Å². The zero-order chi connectivity index (χ0) is 20.0. The fourth-order valence-electron chi connectivity index (χ4n) is 2.31. The molecule has 2 aromatic carbocycles. The molecule has 2 aromatic rings. The van der Waals surface area contributed by atoms with Gasteiger partial charge in [0.1, 0.15) is 0 Å². The Morgan fingerprint density at radius 2 is 1.74 bits per heavy atom.